The number of ether oxygens (including phenoxy) is 2. The molecule has 8 heteroatoms. The molecule has 1 saturated carbocycles. The second kappa shape index (κ2) is 7.09. The van der Waals surface area contributed by atoms with Crippen LogP contribution in [0.5, 0.6) is 0 Å². The summed E-state index contributed by atoms with van der Waals surface area (Å²) in [6.07, 6.45) is 3.69. The number of piperidine rings is 1. The van der Waals surface area contributed by atoms with Crippen molar-refractivity contribution in [3.05, 3.63) is 29.8 Å². The highest BCUT2D eigenvalue weighted by atomic mass is 32.2. The Morgan fingerprint density at radius 1 is 1.28 bits per heavy atom. The Bertz CT molecular complexity index is 927. The van der Waals surface area contributed by atoms with E-state index in [1.807, 2.05) is 6.92 Å². The van der Waals surface area contributed by atoms with Crippen LogP contribution in [0.15, 0.2) is 29.2 Å². The van der Waals surface area contributed by atoms with Gasteiger partial charge in [-0.15, -0.1) is 0 Å². The Labute approximate surface area is 171 Å². The highest BCUT2D eigenvalue weighted by Crippen LogP contribution is 2.58. The summed E-state index contributed by atoms with van der Waals surface area (Å²) in [5.74, 6) is -1.28. The quantitative estimate of drug-likeness (QED) is 0.517. The van der Waals surface area contributed by atoms with Gasteiger partial charge in [-0.3, -0.25) is 4.79 Å². The van der Waals surface area contributed by atoms with Gasteiger partial charge in [-0.25, -0.2) is 13.2 Å². The number of aryl methyl sites for hydroxylation is 1. The number of fused-ring (bicyclic) bond motifs is 1. The van der Waals surface area contributed by atoms with E-state index in [4.69, 9.17) is 9.47 Å². The second-order valence-electron chi connectivity index (χ2n) is 8.23. The van der Waals surface area contributed by atoms with Crippen molar-refractivity contribution < 1.29 is 27.5 Å². The Kier molecular flexibility index (Phi) is 4.98. The summed E-state index contributed by atoms with van der Waals surface area (Å²) in [5.41, 5.74) is -1.52. The third kappa shape index (κ3) is 3.08. The average molecular weight is 422 g/mol. The molecule has 2 bridgehead atoms. The maximum absolute atomic E-state index is 13.3. The molecule has 158 valence electrons. The van der Waals surface area contributed by atoms with Gasteiger partial charge in [0.15, 0.2) is 9.84 Å². The maximum atomic E-state index is 13.3. The number of carbonyl (C=O) groups is 2. The summed E-state index contributed by atoms with van der Waals surface area (Å²) in [4.78, 5) is 27.7. The van der Waals surface area contributed by atoms with Crippen molar-refractivity contribution in [1.29, 1.82) is 0 Å². The molecule has 0 aromatic heterocycles. The largest absolute Gasteiger partial charge is 0.463 e. The van der Waals surface area contributed by atoms with E-state index in [0.29, 0.717) is 12.8 Å². The lowest BCUT2D eigenvalue weighted by molar-refractivity contribution is -0.174. The third-order valence-corrected chi connectivity index (χ3v) is 8.19. The summed E-state index contributed by atoms with van der Waals surface area (Å²) in [5, 5.41) is 0. The number of sulfone groups is 1. The van der Waals surface area contributed by atoms with Crippen molar-refractivity contribution in [2.75, 3.05) is 18.9 Å². The van der Waals surface area contributed by atoms with Gasteiger partial charge in [0.1, 0.15) is 5.72 Å². The van der Waals surface area contributed by atoms with Gasteiger partial charge in [-0.2, -0.15) is 0 Å². The molecular weight excluding hydrogens is 394 g/mol. The molecule has 3 atom stereocenters. The van der Waals surface area contributed by atoms with Crippen LogP contribution in [-0.2, 0) is 28.9 Å². The van der Waals surface area contributed by atoms with Crippen molar-refractivity contribution in [3.63, 3.8) is 0 Å². The van der Waals surface area contributed by atoms with Crippen LogP contribution < -0.4 is 0 Å². The fourth-order valence-corrected chi connectivity index (χ4v) is 6.25. The fourth-order valence-electron chi connectivity index (χ4n) is 5.04. The number of esters is 1. The molecule has 29 heavy (non-hydrogen) atoms. The number of hydrogen-bond donors (Lipinski definition) is 0. The molecule has 1 aromatic rings. The first-order chi connectivity index (χ1) is 13.7. The van der Waals surface area contributed by atoms with Gasteiger partial charge >= 0.3 is 5.97 Å². The van der Waals surface area contributed by atoms with Crippen molar-refractivity contribution in [2.45, 2.75) is 62.2 Å². The number of rotatable bonds is 6. The lowest BCUT2D eigenvalue weighted by atomic mass is 9.74. The smallest absolute Gasteiger partial charge is 0.348 e. The van der Waals surface area contributed by atoms with Gasteiger partial charge in [0.25, 0.3) is 5.91 Å². The van der Waals surface area contributed by atoms with Crippen molar-refractivity contribution in [3.8, 4) is 0 Å². The van der Waals surface area contributed by atoms with Crippen LogP contribution >= 0.6 is 0 Å². The Morgan fingerprint density at radius 3 is 2.69 bits per heavy atom. The van der Waals surface area contributed by atoms with E-state index in [-0.39, 0.29) is 29.7 Å². The molecule has 3 aliphatic rings. The summed E-state index contributed by atoms with van der Waals surface area (Å²) in [6, 6.07) is 6.68. The van der Waals surface area contributed by atoms with E-state index in [1.165, 1.54) is 4.90 Å². The van der Waals surface area contributed by atoms with Crippen molar-refractivity contribution in [2.24, 2.45) is 5.92 Å². The summed E-state index contributed by atoms with van der Waals surface area (Å²) < 4.78 is 37.0. The van der Waals surface area contributed by atoms with Crippen molar-refractivity contribution in [1.82, 2.24) is 4.90 Å². The Morgan fingerprint density at radius 2 is 2.00 bits per heavy atom. The van der Waals surface area contributed by atoms with E-state index in [9.17, 15) is 18.0 Å². The molecule has 7 nitrogen and oxygen atoms in total. The molecule has 0 unspecified atom stereocenters. The number of hydrogen-bond acceptors (Lipinski definition) is 6. The standard InChI is InChI=1S/C21H27NO6S/c1-3-27-19(24)20-14-16-6-4-5-11-21(16,28-20)22(18(20)23)12-13-29(25,26)17-9-7-15(2)8-10-17/h7-10,16H,3-6,11-14H2,1-2H3/t16-,20+,21-/m1/s1. The van der Waals surface area contributed by atoms with E-state index in [2.05, 4.69) is 0 Å². The van der Waals surface area contributed by atoms with Crippen molar-refractivity contribution >= 4 is 21.7 Å². The Hall–Kier alpha value is -1.93. The summed E-state index contributed by atoms with van der Waals surface area (Å²) in [6.45, 7) is 3.76. The third-order valence-electron chi connectivity index (χ3n) is 6.48. The lowest BCUT2D eigenvalue weighted by Gasteiger charge is -2.44. The van der Waals surface area contributed by atoms with Crippen LogP contribution in [0.25, 0.3) is 0 Å². The number of nitrogens with zero attached hydrogens (tertiary/aromatic N) is 1. The topological polar surface area (TPSA) is 90.0 Å². The molecular formula is C21H27NO6S. The molecule has 0 N–H and O–H groups in total. The van der Waals surface area contributed by atoms with E-state index < -0.39 is 33.0 Å². The monoisotopic (exact) mass is 421 g/mol. The lowest BCUT2D eigenvalue weighted by Crippen LogP contribution is -2.58. The molecule has 0 radical (unpaired) electrons. The van der Waals surface area contributed by atoms with Crippen LogP contribution in [0, 0.1) is 12.8 Å². The normalized spacial score (nSPS) is 31.0. The minimum Gasteiger partial charge on any atom is -0.463 e. The van der Waals surface area contributed by atoms with Crippen LogP contribution in [0.4, 0.5) is 0 Å². The highest BCUT2D eigenvalue weighted by molar-refractivity contribution is 7.91. The van der Waals surface area contributed by atoms with Crippen LogP contribution in [-0.4, -0.2) is 55.4 Å². The van der Waals surface area contributed by atoms with Crippen LogP contribution in [0.2, 0.25) is 0 Å². The number of benzene rings is 1. The minimum absolute atomic E-state index is 0.00664. The second-order valence-corrected chi connectivity index (χ2v) is 10.3. The number of amides is 1. The zero-order chi connectivity index (χ0) is 20.9. The number of carbonyl (C=O) groups excluding carboxylic acids is 2. The predicted octanol–water partition coefficient (Wildman–Crippen LogP) is 2.22. The molecule has 4 rings (SSSR count). The van der Waals surface area contributed by atoms with Gasteiger partial charge < -0.3 is 14.4 Å². The minimum atomic E-state index is -3.56. The van der Waals surface area contributed by atoms with Gasteiger partial charge in [-0.1, -0.05) is 24.1 Å². The first kappa shape index (κ1) is 20.3. The van der Waals surface area contributed by atoms with Crippen LogP contribution in [0.3, 0.4) is 0 Å². The molecule has 1 aromatic carbocycles. The van der Waals surface area contributed by atoms with Gasteiger partial charge in [-0.05, 0) is 45.2 Å². The fraction of sp³-hybridized carbons (Fsp3) is 0.619. The first-order valence-corrected chi connectivity index (χ1v) is 11.9. The molecule has 2 heterocycles. The first-order valence-electron chi connectivity index (χ1n) is 10.2. The van der Waals surface area contributed by atoms with Crippen LogP contribution in [0.1, 0.15) is 44.6 Å². The molecule has 3 fully saturated rings. The van der Waals surface area contributed by atoms with Gasteiger partial charge in [0, 0.05) is 18.9 Å². The van der Waals surface area contributed by atoms with Gasteiger partial charge in [0.2, 0.25) is 5.60 Å². The van der Waals surface area contributed by atoms with E-state index >= 15 is 0 Å². The molecule has 2 aliphatic heterocycles. The zero-order valence-corrected chi connectivity index (χ0v) is 17.7. The summed E-state index contributed by atoms with van der Waals surface area (Å²) >= 11 is 0. The highest BCUT2D eigenvalue weighted by Gasteiger charge is 2.74. The Balaban J connectivity index is 1.60. The molecule has 1 aliphatic carbocycles. The molecule has 2 saturated heterocycles. The maximum Gasteiger partial charge on any atom is 0.348 e. The number of likely N-dealkylation sites (tertiary alicyclic amines) is 1. The zero-order valence-electron chi connectivity index (χ0n) is 16.8. The SMILES string of the molecule is CCOC(=O)[C@@]12C[C@H]3CCCC[C@]3(O1)N(CCS(=O)(=O)c1ccc(C)cc1)C2=O. The summed E-state index contributed by atoms with van der Waals surface area (Å²) in [7, 11) is -3.56. The van der Waals surface area contributed by atoms with E-state index in [0.717, 1.165) is 24.8 Å². The van der Waals surface area contributed by atoms with Gasteiger partial charge in [0.05, 0.1) is 17.3 Å². The average Bonchev–Trinajstić information content (AvgIpc) is 3.16. The van der Waals surface area contributed by atoms with E-state index in [1.54, 1.807) is 31.2 Å². The molecule has 1 amide bonds. The molecule has 1 spiro atoms. The predicted molar refractivity (Wildman–Crippen MR) is 105 cm³/mol.